The van der Waals surface area contributed by atoms with E-state index in [2.05, 4.69) is 26.0 Å². The lowest BCUT2D eigenvalue weighted by atomic mass is 10.1. The van der Waals surface area contributed by atoms with E-state index in [0.717, 1.165) is 16.3 Å². The second-order valence-electron chi connectivity index (χ2n) is 6.04. The summed E-state index contributed by atoms with van der Waals surface area (Å²) in [7, 11) is 0. The second-order valence-corrected chi connectivity index (χ2v) is 6.04. The summed E-state index contributed by atoms with van der Waals surface area (Å²) in [5.74, 6) is 0.621. The normalized spacial score (nSPS) is 11.8. The van der Waals surface area contributed by atoms with Gasteiger partial charge >= 0.3 is 6.01 Å². The summed E-state index contributed by atoms with van der Waals surface area (Å²) >= 11 is 0. The lowest BCUT2D eigenvalue weighted by molar-refractivity contribution is -0.126. The molecule has 0 bridgehead atoms. The highest BCUT2D eigenvalue weighted by Gasteiger charge is 2.16. The van der Waals surface area contributed by atoms with E-state index in [0.29, 0.717) is 11.6 Å². The third-order valence-corrected chi connectivity index (χ3v) is 4.06. The fourth-order valence-corrected chi connectivity index (χ4v) is 2.61. The first-order valence-corrected chi connectivity index (χ1v) is 8.64. The van der Waals surface area contributed by atoms with Crippen molar-refractivity contribution >= 4 is 22.7 Å². The Labute approximate surface area is 160 Å². The quantitative estimate of drug-likeness (QED) is 0.499. The number of hydrogen-bond donors (Lipinski definition) is 2. The first-order chi connectivity index (χ1) is 13.7. The molecule has 8 nitrogen and oxygen atoms in total. The summed E-state index contributed by atoms with van der Waals surface area (Å²) in [6.45, 7) is 1.66. The molecule has 2 heterocycles. The first-order valence-electron chi connectivity index (χ1n) is 8.64. The van der Waals surface area contributed by atoms with Crippen LogP contribution in [0.5, 0.6) is 5.75 Å². The number of carbonyl (C=O) groups excluding carboxylic acids is 1. The standard InChI is InChI=1S/C20H17N5O3/c1-13(27-17-7-6-14-4-2-3-5-16(14)12-17)19(26)23-24-20-22-18(25-28-20)15-8-10-21-11-9-15/h2-13H,1H3,(H,23,26)(H,22,24,25)/t13-/m0/s1. The lowest BCUT2D eigenvalue weighted by Crippen LogP contribution is -2.39. The first kappa shape index (κ1) is 17.5. The van der Waals surface area contributed by atoms with Crippen LogP contribution in [0.1, 0.15) is 6.92 Å². The van der Waals surface area contributed by atoms with Gasteiger partial charge in [0.1, 0.15) is 5.75 Å². The molecule has 0 aliphatic carbocycles. The number of nitrogens with one attached hydrogen (secondary N) is 2. The molecule has 0 unspecified atom stereocenters. The zero-order valence-corrected chi connectivity index (χ0v) is 15.0. The van der Waals surface area contributed by atoms with Crippen LogP contribution < -0.4 is 15.6 Å². The summed E-state index contributed by atoms with van der Waals surface area (Å²) in [6.07, 6.45) is 2.54. The lowest BCUT2D eigenvalue weighted by Gasteiger charge is -2.14. The van der Waals surface area contributed by atoms with Gasteiger partial charge in [-0.05, 0) is 42.0 Å². The van der Waals surface area contributed by atoms with Gasteiger partial charge in [-0.1, -0.05) is 35.5 Å². The largest absolute Gasteiger partial charge is 0.481 e. The molecule has 0 aliphatic heterocycles. The number of anilines is 1. The molecule has 0 spiro atoms. The second kappa shape index (κ2) is 7.75. The number of rotatable bonds is 6. The van der Waals surface area contributed by atoms with E-state index in [1.165, 1.54) is 0 Å². The fourth-order valence-electron chi connectivity index (χ4n) is 2.61. The Kier molecular flexibility index (Phi) is 4.83. The SMILES string of the molecule is C[C@H](Oc1ccc2ccccc2c1)C(=O)NNc1nc(-c2ccncc2)no1. The van der Waals surface area contributed by atoms with Crippen LogP contribution in [0.2, 0.25) is 0 Å². The molecule has 0 saturated carbocycles. The number of benzene rings is 2. The number of pyridine rings is 1. The van der Waals surface area contributed by atoms with Crippen molar-refractivity contribution < 1.29 is 14.1 Å². The van der Waals surface area contributed by atoms with E-state index in [-0.39, 0.29) is 11.9 Å². The molecule has 2 N–H and O–H groups in total. The highest BCUT2D eigenvalue weighted by atomic mass is 16.5. The van der Waals surface area contributed by atoms with E-state index >= 15 is 0 Å². The van der Waals surface area contributed by atoms with Crippen molar-refractivity contribution in [3.05, 3.63) is 67.0 Å². The number of fused-ring (bicyclic) bond motifs is 1. The number of hydrazine groups is 1. The van der Waals surface area contributed by atoms with Crippen molar-refractivity contribution in [2.75, 3.05) is 5.43 Å². The molecule has 0 radical (unpaired) electrons. The third-order valence-electron chi connectivity index (χ3n) is 4.06. The minimum Gasteiger partial charge on any atom is -0.481 e. The topological polar surface area (TPSA) is 102 Å². The number of amides is 1. The van der Waals surface area contributed by atoms with Gasteiger partial charge in [-0.2, -0.15) is 4.98 Å². The van der Waals surface area contributed by atoms with Crippen LogP contribution in [0.4, 0.5) is 6.01 Å². The van der Waals surface area contributed by atoms with Crippen molar-refractivity contribution in [2.45, 2.75) is 13.0 Å². The third kappa shape index (κ3) is 3.90. The zero-order chi connectivity index (χ0) is 19.3. The molecular formula is C20H17N5O3. The van der Waals surface area contributed by atoms with E-state index in [9.17, 15) is 4.79 Å². The maximum Gasteiger partial charge on any atom is 0.340 e. The number of aromatic nitrogens is 3. The van der Waals surface area contributed by atoms with Gasteiger partial charge in [-0.25, -0.2) is 5.43 Å². The van der Waals surface area contributed by atoms with Gasteiger partial charge in [-0.3, -0.25) is 15.2 Å². The molecule has 28 heavy (non-hydrogen) atoms. The zero-order valence-electron chi connectivity index (χ0n) is 15.0. The summed E-state index contributed by atoms with van der Waals surface area (Å²) in [4.78, 5) is 20.4. The smallest absolute Gasteiger partial charge is 0.340 e. The van der Waals surface area contributed by atoms with E-state index in [1.807, 2.05) is 42.5 Å². The number of ether oxygens (including phenoxy) is 1. The number of carbonyl (C=O) groups is 1. The van der Waals surface area contributed by atoms with Crippen LogP contribution >= 0.6 is 0 Å². The molecular weight excluding hydrogens is 358 g/mol. The van der Waals surface area contributed by atoms with E-state index in [4.69, 9.17) is 9.26 Å². The van der Waals surface area contributed by atoms with Crippen LogP contribution in [0.15, 0.2) is 71.5 Å². The molecule has 0 fully saturated rings. The average molecular weight is 375 g/mol. The molecule has 0 saturated heterocycles. The minimum atomic E-state index is -0.726. The van der Waals surface area contributed by atoms with Crippen molar-refractivity contribution in [1.82, 2.24) is 20.6 Å². The summed E-state index contributed by atoms with van der Waals surface area (Å²) < 4.78 is 10.8. The molecule has 1 amide bonds. The molecule has 4 rings (SSSR count). The Morgan fingerprint density at radius 2 is 1.86 bits per heavy atom. The molecule has 140 valence electrons. The van der Waals surface area contributed by atoms with E-state index in [1.54, 1.807) is 31.5 Å². The Balaban J connectivity index is 1.35. The summed E-state index contributed by atoms with van der Waals surface area (Å²) in [6, 6.07) is 17.2. The molecule has 2 aromatic carbocycles. The van der Waals surface area contributed by atoms with Gasteiger partial charge in [0.2, 0.25) is 5.82 Å². The Morgan fingerprint density at radius 3 is 2.68 bits per heavy atom. The minimum absolute atomic E-state index is 0.0677. The van der Waals surface area contributed by atoms with Crippen LogP contribution in [0, 0.1) is 0 Å². The van der Waals surface area contributed by atoms with Crippen LogP contribution in [-0.4, -0.2) is 27.1 Å². The van der Waals surface area contributed by atoms with Crippen molar-refractivity contribution in [2.24, 2.45) is 0 Å². The van der Waals surface area contributed by atoms with Gasteiger partial charge in [0.15, 0.2) is 6.10 Å². The molecule has 0 aliphatic rings. The van der Waals surface area contributed by atoms with Gasteiger partial charge in [0.25, 0.3) is 5.91 Å². The molecule has 2 aromatic heterocycles. The number of hydrogen-bond acceptors (Lipinski definition) is 7. The van der Waals surface area contributed by atoms with Crippen molar-refractivity contribution in [1.29, 1.82) is 0 Å². The Hall–Kier alpha value is -3.94. The van der Waals surface area contributed by atoms with Crippen molar-refractivity contribution in [3.63, 3.8) is 0 Å². The monoisotopic (exact) mass is 375 g/mol. The Morgan fingerprint density at radius 1 is 1.07 bits per heavy atom. The summed E-state index contributed by atoms with van der Waals surface area (Å²) in [5, 5.41) is 6.00. The van der Waals surface area contributed by atoms with Gasteiger partial charge in [0.05, 0.1) is 0 Å². The van der Waals surface area contributed by atoms with E-state index < -0.39 is 6.10 Å². The Bertz CT molecular complexity index is 1100. The molecule has 8 heteroatoms. The predicted octanol–water partition coefficient (Wildman–Crippen LogP) is 3.20. The van der Waals surface area contributed by atoms with Gasteiger partial charge < -0.3 is 9.26 Å². The maximum absolute atomic E-state index is 12.3. The average Bonchev–Trinajstić information content (AvgIpc) is 3.21. The number of nitrogens with zero attached hydrogens (tertiary/aromatic N) is 3. The highest BCUT2D eigenvalue weighted by molar-refractivity contribution is 5.84. The van der Waals surface area contributed by atoms with Crippen molar-refractivity contribution in [3.8, 4) is 17.1 Å². The molecule has 1 atom stereocenters. The van der Waals surface area contributed by atoms with Crippen LogP contribution in [-0.2, 0) is 4.79 Å². The predicted molar refractivity (Wildman–Crippen MR) is 103 cm³/mol. The van der Waals surface area contributed by atoms with Crippen LogP contribution in [0.25, 0.3) is 22.2 Å². The maximum atomic E-state index is 12.3. The van der Waals surface area contributed by atoms with Crippen LogP contribution in [0.3, 0.4) is 0 Å². The fraction of sp³-hybridized carbons (Fsp3) is 0.100. The van der Waals surface area contributed by atoms with Gasteiger partial charge in [-0.15, -0.1) is 0 Å². The van der Waals surface area contributed by atoms with Gasteiger partial charge in [0, 0.05) is 18.0 Å². The highest BCUT2D eigenvalue weighted by Crippen LogP contribution is 2.21. The molecule has 4 aromatic rings. The summed E-state index contributed by atoms with van der Waals surface area (Å²) in [5.41, 5.74) is 5.85.